The predicted octanol–water partition coefficient (Wildman–Crippen LogP) is 4.07. The molecule has 2 nitrogen and oxygen atoms in total. The molecule has 0 amide bonds. The lowest BCUT2D eigenvalue weighted by Crippen LogP contribution is -2.35. The van der Waals surface area contributed by atoms with Gasteiger partial charge >= 0.3 is 0 Å². The van der Waals surface area contributed by atoms with Gasteiger partial charge in [-0.2, -0.15) is 0 Å². The summed E-state index contributed by atoms with van der Waals surface area (Å²) in [6.07, 6.45) is 0. The lowest BCUT2D eigenvalue weighted by atomic mass is 10.2. The van der Waals surface area contributed by atoms with Gasteiger partial charge in [-0.1, -0.05) is 31.5 Å². The van der Waals surface area contributed by atoms with Crippen LogP contribution in [0.1, 0.15) is 19.4 Å². The fraction of sp³-hybridized carbons (Fsp3) is 0.467. The Hall–Kier alpha value is -1.06. The van der Waals surface area contributed by atoms with Gasteiger partial charge in [0.2, 0.25) is 0 Å². The molecule has 1 saturated heterocycles. The topological polar surface area (TPSA) is 12.5 Å². The third-order valence-electron chi connectivity index (χ3n) is 2.98. The molecule has 0 saturated carbocycles. The van der Waals surface area contributed by atoms with E-state index in [0.29, 0.717) is 0 Å². The average molecular weight is 263 g/mol. The van der Waals surface area contributed by atoms with Crippen LogP contribution in [0.15, 0.2) is 24.3 Å². The van der Waals surface area contributed by atoms with Crippen LogP contribution in [0.4, 0.5) is 5.00 Å². The SMILES string of the molecule is CC.Cc1ccc2sc(N3CCOCC3)cc2c1. The van der Waals surface area contributed by atoms with Crippen LogP contribution in [0, 0.1) is 6.92 Å². The number of nitrogens with zero attached hydrogens (tertiary/aromatic N) is 1. The van der Waals surface area contributed by atoms with Gasteiger partial charge in [0.15, 0.2) is 0 Å². The van der Waals surface area contributed by atoms with Crippen LogP contribution in [0.5, 0.6) is 0 Å². The molecular formula is C15H21NOS. The van der Waals surface area contributed by atoms with E-state index in [-0.39, 0.29) is 0 Å². The molecule has 18 heavy (non-hydrogen) atoms. The molecule has 0 aliphatic carbocycles. The fourth-order valence-corrected chi connectivity index (χ4v) is 3.18. The highest BCUT2D eigenvalue weighted by Gasteiger charge is 2.13. The highest BCUT2D eigenvalue weighted by molar-refractivity contribution is 7.22. The quantitative estimate of drug-likeness (QED) is 0.769. The fourth-order valence-electron chi connectivity index (χ4n) is 2.09. The summed E-state index contributed by atoms with van der Waals surface area (Å²) in [6, 6.07) is 8.97. The summed E-state index contributed by atoms with van der Waals surface area (Å²) in [7, 11) is 0. The molecule has 98 valence electrons. The second-order valence-electron chi connectivity index (χ2n) is 4.23. The van der Waals surface area contributed by atoms with Crippen LogP contribution < -0.4 is 4.90 Å². The number of fused-ring (bicyclic) bond motifs is 1. The summed E-state index contributed by atoms with van der Waals surface area (Å²) in [5.74, 6) is 0. The van der Waals surface area contributed by atoms with E-state index in [1.54, 1.807) is 0 Å². The Kier molecular flexibility index (Phi) is 4.61. The molecule has 0 radical (unpaired) electrons. The van der Waals surface area contributed by atoms with Crippen molar-refractivity contribution in [3.8, 4) is 0 Å². The van der Waals surface area contributed by atoms with Gasteiger partial charge in [-0.3, -0.25) is 0 Å². The third-order valence-corrected chi connectivity index (χ3v) is 4.16. The number of rotatable bonds is 1. The average Bonchev–Trinajstić information content (AvgIpc) is 2.85. The van der Waals surface area contributed by atoms with Crippen molar-refractivity contribution in [1.29, 1.82) is 0 Å². The van der Waals surface area contributed by atoms with Gasteiger partial charge in [0, 0.05) is 17.8 Å². The molecule has 1 fully saturated rings. The first-order valence-electron chi connectivity index (χ1n) is 6.66. The minimum Gasteiger partial charge on any atom is -0.378 e. The number of ether oxygens (including phenoxy) is 1. The van der Waals surface area contributed by atoms with E-state index >= 15 is 0 Å². The summed E-state index contributed by atoms with van der Waals surface area (Å²) in [4.78, 5) is 2.42. The summed E-state index contributed by atoms with van der Waals surface area (Å²) < 4.78 is 6.76. The zero-order valence-electron chi connectivity index (χ0n) is 11.4. The first-order chi connectivity index (χ1) is 8.83. The molecule has 2 aromatic rings. The van der Waals surface area contributed by atoms with E-state index in [1.807, 2.05) is 25.2 Å². The Bertz CT molecular complexity index is 500. The number of hydrogen-bond acceptors (Lipinski definition) is 3. The minimum atomic E-state index is 0.854. The maximum absolute atomic E-state index is 5.38. The van der Waals surface area contributed by atoms with Crippen molar-refractivity contribution in [3.05, 3.63) is 29.8 Å². The van der Waals surface area contributed by atoms with Gasteiger partial charge in [-0.25, -0.2) is 0 Å². The number of benzene rings is 1. The van der Waals surface area contributed by atoms with Crippen molar-refractivity contribution in [2.45, 2.75) is 20.8 Å². The number of thiophene rings is 1. The van der Waals surface area contributed by atoms with Crippen molar-refractivity contribution >= 4 is 26.4 Å². The van der Waals surface area contributed by atoms with Gasteiger partial charge in [-0.15, -0.1) is 11.3 Å². The van der Waals surface area contributed by atoms with Gasteiger partial charge < -0.3 is 9.64 Å². The van der Waals surface area contributed by atoms with Crippen LogP contribution in [0.3, 0.4) is 0 Å². The van der Waals surface area contributed by atoms with E-state index in [2.05, 4.69) is 36.1 Å². The summed E-state index contributed by atoms with van der Waals surface area (Å²) in [5, 5.41) is 2.75. The minimum absolute atomic E-state index is 0.854. The Morgan fingerprint density at radius 1 is 1.11 bits per heavy atom. The highest BCUT2D eigenvalue weighted by Crippen LogP contribution is 2.33. The molecule has 3 rings (SSSR count). The molecular weight excluding hydrogens is 242 g/mol. The van der Waals surface area contributed by atoms with Gasteiger partial charge in [0.25, 0.3) is 0 Å². The maximum atomic E-state index is 5.38. The Balaban J connectivity index is 0.000000574. The van der Waals surface area contributed by atoms with Crippen molar-refractivity contribution in [2.75, 3.05) is 31.2 Å². The van der Waals surface area contributed by atoms with E-state index in [4.69, 9.17) is 4.74 Å². The van der Waals surface area contributed by atoms with Crippen molar-refractivity contribution in [1.82, 2.24) is 0 Å². The van der Waals surface area contributed by atoms with Gasteiger partial charge in [-0.05, 0) is 24.4 Å². The van der Waals surface area contributed by atoms with Crippen LogP contribution in [-0.2, 0) is 4.74 Å². The molecule has 1 aromatic carbocycles. The number of anilines is 1. The normalized spacial score (nSPS) is 15.4. The lowest BCUT2D eigenvalue weighted by Gasteiger charge is -2.27. The summed E-state index contributed by atoms with van der Waals surface area (Å²) in [5.41, 5.74) is 1.33. The monoisotopic (exact) mass is 263 g/mol. The predicted molar refractivity (Wildman–Crippen MR) is 80.9 cm³/mol. The molecule has 0 spiro atoms. The van der Waals surface area contributed by atoms with Crippen LogP contribution in [-0.4, -0.2) is 26.3 Å². The number of aryl methyl sites for hydroxylation is 1. The van der Waals surface area contributed by atoms with Crippen molar-refractivity contribution in [2.24, 2.45) is 0 Å². The smallest absolute Gasteiger partial charge is 0.0922 e. The Morgan fingerprint density at radius 3 is 2.56 bits per heavy atom. The molecule has 0 bridgehead atoms. The second-order valence-corrected chi connectivity index (χ2v) is 5.29. The van der Waals surface area contributed by atoms with E-state index in [0.717, 1.165) is 26.3 Å². The molecule has 0 N–H and O–H groups in total. The van der Waals surface area contributed by atoms with E-state index in [1.165, 1.54) is 20.7 Å². The molecule has 1 aliphatic heterocycles. The van der Waals surface area contributed by atoms with Crippen molar-refractivity contribution < 1.29 is 4.74 Å². The molecule has 0 unspecified atom stereocenters. The zero-order chi connectivity index (χ0) is 13.0. The highest BCUT2D eigenvalue weighted by atomic mass is 32.1. The molecule has 1 aromatic heterocycles. The molecule has 3 heteroatoms. The largest absolute Gasteiger partial charge is 0.378 e. The van der Waals surface area contributed by atoms with Crippen molar-refractivity contribution in [3.63, 3.8) is 0 Å². The van der Waals surface area contributed by atoms with Crippen LogP contribution in [0.25, 0.3) is 10.1 Å². The zero-order valence-corrected chi connectivity index (χ0v) is 12.2. The second kappa shape index (κ2) is 6.21. The van der Waals surface area contributed by atoms with Crippen LogP contribution in [0.2, 0.25) is 0 Å². The number of hydrogen-bond donors (Lipinski definition) is 0. The Morgan fingerprint density at radius 2 is 1.83 bits per heavy atom. The van der Waals surface area contributed by atoms with Gasteiger partial charge in [0.05, 0.1) is 18.2 Å². The lowest BCUT2D eigenvalue weighted by molar-refractivity contribution is 0.123. The van der Waals surface area contributed by atoms with Crippen LogP contribution >= 0.6 is 11.3 Å². The Labute approximate surface area is 113 Å². The third kappa shape index (κ3) is 2.85. The van der Waals surface area contributed by atoms with E-state index in [9.17, 15) is 0 Å². The molecule has 2 heterocycles. The van der Waals surface area contributed by atoms with E-state index < -0.39 is 0 Å². The molecule has 1 aliphatic rings. The maximum Gasteiger partial charge on any atom is 0.0922 e. The first-order valence-corrected chi connectivity index (χ1v) is 7.47. The van der Waals surface area contributed by atoms with Gasteiger partial charge in [0.1, 0.15) is 0 Å². The number of morpholine rings is 1. The standard InChI is InChI=1S/C13H15NOS.C2H6/c1-10-2-3-12-11(8-10)9-13(16-12)14-4-6-15-7-5-14;1-2/h2-3,8-9H,4-7H2,1H3;1-2H3. The summed E-state index contributed by atoms with van der Waals surface area (Å²) >= 11 is 1.88. The summed E-state index contributed by atoms with van der Waals surface area (Å²) in [6.45, 7) is 9.89. The first kappa shape index (κ1) is 13.4. The molecule has 0 atom stereocenters.